The highest BCUT2D eigenvalue weighted by molar-refractivity contribution is 5.70. The number of hydrogen-bond donors (Lipinski definition) is 7. The van der Waals surface area contributed by atoms with E-state index in [0.29, 0.717) is 19.3 Å². The van der Waals surface area contributed by atoms with Gasteiger partial charge in [-0.1, -0.05) is 163 Å². The highest BCUT2D eigenvalue weighted by Crippen LogP contribution is 2.26. The second kappa shape index (κ2) is 43.0. The van der Waals surface area contributed by atoms with Crippen molar-refractivity contribution >= 4 is 11.9 Å². The van der Waals surface area contributed by atoms with Gasteiger partial charge in [-0.2, -0.15) is 0 Å². The van der Waals surface area contributed by atoms with Gasteiger partial charge < -0.3 is 64.2 Å². The molecule has 2 fully saturated rings. The summed E-state index contributed by atoms with van der Waals surface area (Å²) in [6.07, 6.45) is 36.2. The van der Waals surface area contributed by atoms with Gasteiger partial charge in [0.1, 0.15) is 55.4 Å². The van der Waals surface area contributed by atoms with Crippen LogP contribution in [0.3, 0.4) is 0 Å². The van der Waals surface area contributed by atoms with Crippen molar-refractivity contribution in [1.82, 2.24) is 0 Å². The number of allylic oxidation sites excluding steroid dienone is 14. The Bertz CT molecular complexity index is 1570. The van der Waals surface area contributed by atoms with Gasteiger partial charge in [-0.05, 0) is 77.0 Å². The van der Waals surface area contributed by atoms with Gasteiger partial charge in [-0.15, -0.1) is 0 Å². The van der Waals surface area contributed by atoms with Gasteiger partial charge in [0.2, 0.25) is 0 Å². The molecule has 0 aromatic carbocycles. The Kier molecular flexibility index (Phi) is 38.7. The minimum atomic E-state index is -1.78. The van der Waals surface area contributed by atoms with Gasteiger partial charge in [0.15, 0.2) is 18.7 Å². The Morgan fingerprint density at radius 1 is 0.458 bits per heavy atom. The molecular weight excluding hydrogens is 925 g/mol. The number of carbonyl (C=O) groups excluding carboxylic acids is 2. The predicted octanol–water partition coefficient (Wildman–Crippen LogP) is 8.38. The van der Waals surface area contributed by atoms with Crippen LogP contribution in [0.2, 0.25) is 0 Å². The van der Waals surface area contributed by atoms with Gasteiger partial charge in [-0.25, -0.2) is 0 Å². The third-order valence-electron chi connectivity index (χ3n) is 12.4. The van der Waals surface area contributed by atoms with Gasteiger partial charge in [0.25, 0.3) is 0 Å². The summed E-state index contributed by atoms with van der Waals surface area (Å²) in [6.45, 7) is 2.38. The largest absolute Gasteiger partial charge is 0.462 e. The second-order valence-electron chi connectivity index (χ2n) is 18.7. The van der Waals surface area contributed by atoms with E-state index in [1.54, 1.807) is 0 Å². The first kappa shape index (κ1) is 64.8. The van der Waals surface area contributed by atoms with E-state index in [-0.39, 0.29) is 19.4 Å². The van der Waals surface area contributed by atoms with Crippen LogP contribution in [0.1, 0.15) is 168 Å². The van der Waals surface area contributed by atoms with Crippen molar-refractivity contribution in [3.63, 3.8) is 0 Å². The fourth-order valence-corrected chi connectivity index (χ4v) is 7.94. The van der Waals surface area contributed by atoms with E-state index in [9.17, 15) is 45.3 Å². The lowest BCUT2D eigenvalue weighted by atomic mass is 9.98. The van der Waals surface area contributed by atoms with Crippen LogP contribution in [0.4, 0.5) is 0 Å². The van der Waals surface area contributed by atoms with Gasteiger partial charge in [-0.3, -0.25) is 9.59 Å². The molecule has 0 aromatic heterocycles. The van der Waals surface area contributed by atoms with E-state index in [2.05, 4.69) is 86.8 Å². The summed E-state index contributed by atoms with van der Waals surface area (Å²) < 4.78 is 33.5. The van der Waals surface area contributed by atoms with E-state index in [1.165, 1.54) is 57.8 Å². The Morgan fingerprint density at radius 3 is 1.43 bits per heavy atom. The van der Waals surface area contributed by atoms with Crippen molar-refractivity contribution in [2.75, 3.05) is 26.4 Å². The number of aliphatic hydroxyl groups excluding tert-OH is 7. The maximum absolute atomic E-state index is 13.0. The van der Waals surface area contributed by atoms with Crippen LogP contribution >= 0.6 is 0 Å². The first-order valence-electron chi connectivity index (χ1n) is 27.2. The monoisotopic (exact) mass is 1020 g/mol. The van der Waals surface area contributed by atoms with Crippen LogP contribution < -0.4 is 0 Å². The van der Waals surface area contributed by atoms with E-state index in [1.807, 2.05) is 12.2 Å². The Morgan fingerprint density at radius 2 is 0.903 bits per heavy atom. The van der Waals surface area contributed by atoms with Crippen LogP contribution in [0.15, 0.2) is 85.1 Å². The lowest BCUT2D eigenvalue weighted by Gasteiger charge is -2.42. The molecule has 412 valence electrons. The average Bonchev–Trinajstić information content (AvgIpc) is 3.37. The lowest BCUT2D eigenvalue weighted by molar-refractivity contribution is -0.332. The van der Waals surface area contributed by atoms with Crippen molar-refractivity contribution < 1.29 is 73.8 Å². The molecule has 15 nitrogen and oxygen atoms in total. The van der Waals surface area contributed by atoms with Gasteiger partial charge in [0, 0.05) is 12.8 Å². The first-order chi connectivity index (χ1) is 35.0. The smallest absolute Gasteiger partial charge is 0.306 e. The summed E-state index contributed by atoms with van der Waals surface area (Å²) in [5.41, 5.74) is 0. The molecule has 0 aromatic rings. The zero-order chi connectivity index (χ0) is 52.4. The Hall–Kier alpha value is -3.32. The second-order valence-corrected chi connectivity index (χ2v) is 18.7. The summed E-state index contributed by atoms with van der Waals surface area (Å²) in [6, 6.07) is 0. The molecule has 0 saturated carbocycles. The van der Waals surface area contributed by atoms with E-state index in [4.69, 9.17) is 28.4 Å². The van der Waals surface area contributed by atoms with Crippen LogP contribution in [-0.4, -0.2) is 142 Å². The Balaban J connectivity index is 1.83. The highest BCUT2D eigenvalue weighted by atomic mass is 16.7. The standard InChI is InChI=1S/C57H94O15/c1-3-5-7-9-11-13-15-17-19-21-22-24-26-28-30-32-34-36-38-40-49(60)70-45(42-67-48(59)39-37-35-33-31-29-27-25-23-20-18-16-14-12-10-8-6-4-2)43-68-56-55(66)53(64)51(62)47(72-56)44-69-57-54(65)52(63)50(61)46(41-58)71-57/h5,7,11,13,17-20,22,24,28,30,34,36,45-47,50-58,61-66H,3-4,6,8-10,12,14-16,21,23,25-27,29,31-33,35,37-44H2,1-2H3/b7-5-,13-11-,19-17-,20-18-,24-22-,30-28-,36-34-. The molecule has 72 heavy (non-hydrogen) atoms. The first-order valence-corrected chi connectivity index (χ1v) is 27.2. The Labute approximate surface area is 431 Å². The average molecular weight is 1020 g/mol. The SMILES string of the molecule is CC/C=C\C/C=C\C/C=C\C/C=C\C/C=C\C/C=C\CCC(=O)OC(COC(=O)CCCCCCCCC/C=C\CCCCCCCC)COC1OC(COC2OC(CO)C(O)C(O)C2O)C(O)C(O)C1O. The maximum Gasteiger partial charge on any atom is 0.306 e. The zero-order valence-electron chi connectivity index (χ0n) is 43.6. The maximum atomic E-state index is 13.0. The van der Waals surface area contributed by atoms with Crippen molar-refractivity contribution in [3.05, 3.63) is 85.1 Å². The van der Waals surface area contributed by atoms with Crippen LogP contribution in [0.5, 0.6) is 0 Å². The summed E-state index contributed by atoms with van der Waals surface area (Å²) in [5.74, 6) is -1.03. The molecule has 7 N–H and O–H groups in total. The number of aliphatic hydroxyl groups is 7. The number of ether oxygens (including phenoxy) is 6. The molecule has 11 atom stereocenters. The van der Waals surface area contributed by atoms with Gasteiger partial charge >= 0.3 is 11.9 Å². The van der Waals surface area contributed by atoms with Crippen LogP contribution in [0, 0.1) is 0 Å². The van der Waals surface area contributed by atoms with Crippen molar-refractivity contribution in [2.24, 2.45) is 0 Å². The highest BCUT2D eigenvalue weighted by Gasteiger charge is 2.47. The van der Waals surface area contributed by atoms with Crippen molar-refractivity contribution in [3.8, 4) is 0 Å². The molecule has 2 aliphatic heterocycles. The van der Waals surface area contributed by atoms with Crippen molar-refractivity contribution in [1.29, 1.82) is 0 Å². The predicted molar refractivity (Wildman–Crippen MR) is 279 cm³/mol. The summed E-state index contributed by atoms with van der Waals surface area (Å²) in [5, 5.41) is 72.2. The fraction of sp³-hybridized carbons (Fsp3) is 0.719. The normalized spacial score (nSPS) is 25.7. The van der Waals surface area contributed by atoms with Crippen LogP contribution in [0.25, 0.3) is 0 Å². The lowest BCUT2D eigenvalue weighted by Crippen LogP contribution is -2.61. The topological polar surface area (TPSA) is 231 Å². The van der Waals surface area contributed by atoms with Crippen molar-refractivity contribution in [2.45, 2.75) is 235 Å². The van der Waals surface area contributed by atoms with Gasteiger partial charge in [0.05, 0.1) is 19.8 Å². The minimum Gasteiger partial charge on any atom is -0.462 e. The molecule has 2 saturated heterocycles. The molecule has 0 amide bonds. The number of rotatable bonds is 41. The third-order valence-corrected chi connectivity index (χ3v) is 12.4. The van der Waals surface area contributed by atoms with E-state index >= 15 is 0 Å². The fourth-order valence-electron chi connectivity index (χ4n) is 7.94. The molecule has 15 heteroatoms. The quantitative estimate of drug-likeness (QED) is 0.0173. The molecule has 0 aliphatic carbocycles. The number of hydrogen-bond acceptors (Lipinski definition) is 15. The number of carbonyl (C=O) groups is 2. The summed E-state index contributed by atoms with van der Waals surface area (Å²) in [7, 11) is 0. The zero-order valence-corrected chi connectivity index (χ0v) is 43.6. The van der Waals surface area contributed by atoms with E-state index in [0.717, 1.165) is 64.2 Å². The third kappa shape index (κ3) is 30.1. The van der Waals surface area contributed by atoms with E-state index < -0.39 is 99.3 Å². The van der Waals surface area contributed by atoms with Crippen LogP contribution in [-0.2, 0) is 38.0 Å². The summed E-state index contributed by atoms with van der Waals surface area (Å²) >= 11 is 0. The molecule has 0 bridgehead atoms. The molecule has 0 spiro atoms. The number of unbranched alkanes of at least 4 members (excludes halogenated alkanes) is 13. The molecule has 2 heterocycles. The summed E-state index contributed by atoms with van der Waals surface area (Å²) in [4.78, 5) is 25.8. The molecule has 0 radical (unpaired) electrons. The minimum absolute atomic E-state index is 0.0351. The molecule has 11 unspecified atom stereocenters. The molecular formula is C57H94O15. The number of esters is 2. The molecule has 2 rings (SSSR count). The molecule has 2 aliphatic rings.